The van der Waals surface area contributed by atoms with E-state index in [0.717, 1.165) is 24.5 Å². The molecule has 0 aliphatic heterocycles. The van der Waals surface area contributed by atoms with Crippen LogP contribution in [-0.4, -0.2) is 16.9 Å². The molecule has 0 unspecified atom stereocenters. The van der Waals surface area contributed by atoms with Crippen molar-refractivity contribution in [2.75, 3.05) is 0 Å². The second kappa shape index (κ2) is 14.5. The van der Waals surface area contributed by atoms with Crippen molar-refractivity contribution >= 4 is 11.8 Å². The van der Waals surface area contributed by atoms with Crippen molar-refractivity contribution in [2.45, 2.75) is 40.5 Å². The van der Waals surface area contributed by atoms with E-state index in [4.69, 9.17) is 26.2 Å². The second-order valence-corrected chi connectivity index (χ2v) is 5.34. The standard InChI is InChI=1S/C10H16O.C3H4O2.2C2N2/c1-7-5-10(3,4)6-9(11)8(7)2;1-2-3(4)5;2*3-1-2-4/h5-6H2,1-4H3;2H,1H2,(H,4,5);;. The highest BCUT2D eigenvalue weighted by Crippen LogP contribution is 2.36. The normalized spacial score (nSPS) is 13.2. The fourth-order valence-corrected chi connectivity index (χ4v) is 1.72. The zero-order valence-corrected chi connectivity index (χ0v) is 14.3. The number of aliphatic carboxylic acids is 1. The van der Waals surface area contributed by atoms with Crippen LogP contribution in [-0.2, 0) is 9.59 Å². The van der Waals surface area contributed by atoms with Gasteiger partial charge in [0.25, 0.3) is 0 Å². The minimum atomic E-state index is -0.981. The topological polar surface area (TPSA) is 150 Å². The lowest BCUT2D eigenvalue weighted by molar-refractivity contribution is -0.131. The van der Waals surface area contributed by atoms with Crippen LogP contribution in [0.5, 0.6) is 0 Å². The minimum absolute atomic E-state index is 0.195. The van der Waals surface area contributed by atoms with Gasteiger partial charge >= 0.3 is 5.97 Å². The van der Waals surface area contributed by atoms with Crippen molar-refractivity contribution in [3.8, 4) is 24.3 Å². The quantitative estimate of drug-likeness (QED) is 0.726. The highest BCUT2D eigenvalue weighted by Gasteiger charge is 2.28. The van der Waals surface area contributed by atoms with Gasteiger partial charge in [-0.2, -0.15) is 21.0 Å². The molecule has 0 fully saturated rings. The Labute approximate surface area is 142 Å². The van der Waals surface area contributed by atoms with Gasteiger partial charge in [0.05, 0.1) is 0 Å². The molecular formula is C17H20N4O3. The van der Waals surface area contributed by atoms with Gasteiger partial charge in [-0.05, 0) is 31.3 Å². The molecule has 1 aliphatic carbocycles. The average molecular weight is 328 g/mol. The first kappa shape index (κ1) is 25.5. The van der Waals surface area contributed by atoms with Crippen LogP contribution in [0.3, 0.4) is 0 Å². The molecule has 0 atom stereocenters. The molecule has 0 aromatic carbocycles. The van der Waals surface area contributed by atoms with E-state index in [-0.39, 0.29) is 5.41 Å². The van der Waals surface area contributed by atoms with Crippen LogP contribution in [0.4, 0.5) is 0 Å². The largest absolute Gasteiger partial charge is 0.478 e. The lowest BCUT2D eigenvalue weighted by Gasteiger charge is -2.29. The summed E-state index contributed by atoms with van der Waals surface area (Å²) >= 11 is 0. The number of carboxylic acid groups (broad SMARTS) is 1. The maximum Gasteiger partial charge on any atom is 0.327 e. The number of allylic oxidation sites excluding steroid dienone is 2. The molecule has 0 amide bonds. The molecule has 24 heavy (non-hydrogen) atoms. The monoisotopic (exact) mass is 328 g/mol. The Morgan fingerprint density at radius 2 is 1.42 bits per heavy atom. The number of hydrogen-bond donors (Lipinski definition) is 1. The average Bonchev–Trinajstić information content (AvgIpc) is 2.52. The lowest BCUT2D eigenvalue weighted by Crippen LogP contribution is -2.23. The molecule has 1 rings (SSSR count). The Balaban J connectivity index is -0.000000285. The summed E-state index contributed by atoms with van der Waals surface area (Å²) in [5.74, 6) is -0.649. The predicted octanol–water partition coefficient (Wildman–Crippen LogP) is 3.04. The fraction of sp³-hybridized carbons (Fsp3) is 0.412. The summed E-state index contributed by atoms with van der Waals surface area (Å²) in [6.07, 6.45) is 2.63. The zero-order valence-electron chi connectivity index (χ0n) is 14.3. The van der Waals surface area contributed by atoms with Gasteiger partial charge in [-0.3, -0.25) is 4.79 Å². The molecule has 0 radical (unpaired) electrons. The van der Waals surface area contributed by atoms with E-state index >= 15 is 0 Å². The number of carbonyl (C=O) groups excluding carboxylic acids is 1. The Bertz CT molecular complexity index is 599. The van der Waals surface area contributed by atoms with E-state index in [9.17, 15) is 9.59 Å². The molecule has 1 N–H and O–H groups in total. The van der Waals surface area contributed by atoms with E-state index in [1.54, 1.807) is 0 Å². The third-order valence-corrected chi connectivity index (χ3v) is 2.72. The molecule has 0 bridgehead atoms. The molecule has 0 saturated heterocycles. The summed E-state index contributed by atoms with van der Waals surface area (Å²) in [6.45, 7) is 11.3. The summed E-state index contributed by atoms with van der Waals surface area (Å²) in [7, 11) is 0. The van der Waals surface area contributed by atoms with E-state index in [0.29, 0.717) is 5.78 Å². The molecule has 0 saturated carbocycles. The second-order valence-electron chi connectivity index (χ2n) is 5.34. The Morgan fingerprint density at radius 1 is 1.08 bits per heavy atom. The summed E-state index contributed by atoms with van der Waals surface area (Å²) in [4.78, 5) is 20.6. The zero-order chi connectivity index (χ0) is 19.8. The Hall–Kier alpha value is -3.42. The van der Waals surface area contributed by atoms with Crippen LogP contribution in [0.1, 0.15) is 40.5 Å². The van der Waals surface area contributed by atoms with E-state index in [1.165, 1.54) is 29.8 Å². The van der Waals surface area contributed by atoms with Gasteiger partial charge in [0.15, 0.2) is 30.1 Å². The van der Waals surface area contributed by atoms with E-state index < -0.39 is 5.97 Å². The van der Waals surface area contributed by atoms with Crippen molar-refractivity contribution in [3.63, 3.8) is 0 Å². The van der Waals surface area contributed by atoms with Gasteiger partial charge in [0.2, 0.25) is 0 Å². The number of rotatable bonds is 1. The first-order valence-corrected chi connectivity index (χ1v) is 6.64. The van der Waals surface area contributed by atoms with E-state index in [2.05, 4.69) is 27.4 Å². The van der Waals surface area contributed by atoms with Gasteiger partial charge < -0.3 is 5.11 Å². The van der Waals surface area contributed by atoms with Crippen molar-refractivity contribution in [3.05, 3.63) is 23.8 Å². The van der Waals surface area contributed by atoms with Gasteiger partial charge in [-0.1, -0.05) is 26.0 Å². The van der Waals surface area contributed by atoms with Crippen LogP contribution in [0.25, 0.3) is 0 Å². The van der Waals surface area contributed by atoms with Crippen LogP contribution < -0.4 is 0 Å². The number of hydrogen-bond acceptors (Lipinski definition) is 6. The molecular weight excluding hydrogens is 308 g/mol. The predicted molar refractivity (Wildman–Crippen MR) is 86.7 cm³/mol. The Kier molecular flexibility index (Phi) is 15.4. The highest BCUT2D eigenvalue weighted by atomic mass is 16.4. The van der Waals surface area contributed by atoms with Crippen LogP contribution in [0.2, 0.25) is 0 Å². The van der Waals surface area contributed by atoms with Crippen LogP contribution in [0, 0.1) is 50.7 Å². The maximum absolute atomic E-state index is 11.4. The molecule has 0 aromatic heterocycles. The van der Waals surface area contributed by atoms with Crippen molar-refractivity contribution < 1.29 is 14.7 Å². The third kappa shape index (κ3) is 16.6. The van der Waals surface area contributed by atoms with Gasteiger partial charge in [0, 0.05) is 12.5 Å². The van der Waals surface area contributed by atoms with Crippen molar-refractivity contribution in [2.24, 2.45) is 5.41 Å². The lowest BCUT2D eigenvalue weighted by atomic mass is 9.74. The molecule has 0 spiro atoms. The maximum atomic E-state index is 11.4. The number of carboxylic acids is 1. The fourth-order valence-electron chi connectivity index (χ4n) is 1.72. The highest BCUT2D eigenvalue weighted by molar-refractivity contribution is 5.96. The molecule has 1 aliphatic rings. The number of carbonyl (C=O) groups is 2. The van der Waals surface area contributed by atoms with Gasteiger partial charge in [0.1, 0.15) is 0 Å². The number of nitrogens with zero attached hydrogens (tertiary/aromatic N) is 4. The van der Waals surface area contributed by atoms with Gasteiger partial charge in [-0.15, -0.1) is 0 Å². The molecule has 7 nitrogen and oxygen atoms in total. The third-order valence-electron chi connectivity index (χ3n) is 2.72. The van der Waals surface area contributed by atoms with Crippen LogP contribution in [0.15, 0.2) is 23.8 Å². The molecule has 0 aromatic rings. The SMILES string of the molecule is C=CC(=O)O.CC1=C(C)C(=O)CC(C)(C)C1.N#CC#N.N#CC#N. The summed E-state index contributed by atoms with van der Waals surface area (Å²) in [5.41, 5.74) is 2.45. The smallest absolute Gasteiger partial charge is 0.327 e. The van der Waals surface area contributed by atoms with Gasteiger partial charge in [-0.25, -0.2) is 4.79 Å². The van der Waals surface area contributed by atoms with Crippen LogP contribution >= 0.6 is 0 Å². The molecule has 126 valence electrons. The first-order chi connectivity index (χ1) is 11.0. The van der Waals surface area contributed by atoms with Crippen molar-refractivity contribution in [1.82, 2.24) is 0 Å². The minimum Gasteiger partial charge on any atom is -0.478 e. The first-order valence-electron chi connectivity index (χ1n) is 6.64. The van der Waals surface area contributed by atoms with Crippen molar-refractivity contribution in [1.29, 1.82) is 21.0 Å². The summed E-state index contributed by atoms with van der Waals surface area (Å²) in [6, 6.07) is 4.94. The van der Waals surface area contributed by atoms with E-state index in [1.807, 2.05) is 6.92 Å². The number of Topliss-reactive ketones (excluding diaryl/α,β-unsaturated/α-hetero) is 1. The molecule has 7 heteroatoms. The summed E-state index contributed by atoms with van der Waals surface area (Å²) < 4.78 is 0. The molecule has 0 heterocycles. The summed E-state index contributed by atoms with van der Waals surface area (Å²) in [5, 5.41) is 36.7. The number of nitriles is 4. The number of ketones is 1. The Morgan fingerprint density at radius 3 is 1.62 bits per heavy atom.